The van der Waals surface area contributed by atoms with E-state index in [-0.39, 0.29) is 22.9 Å². The highest BCUT2D eigenvalue weighted by Gasteiger charge is 2.39. The average Bonchev–Trinajstić information content (AvgIpc) is 3.30. The maximum absolute atomic E-state index is 14.4. The van der Waals surface area contributed by atoms with E-state index in [0.29, 0.717) is 43.7 Å². The molecular weight excluding hydrogens is 494 g/mol. The van der Waals surface area contributed by atoms with Gasteiger partial charge < -0.3 is 4.90 Å². The number of rotatable bonds is 6. The van der Waals surface area contributed by atoms with Gasteiger partial charge in [0, 0.05) is 31.4 Å². The summed E-state index contributed by atoms with van der Waals surface area (Å²) < 4.78 is 83.1. The molecular formula is C26H25F4N3O2S. The van der Waals surface area contributed by atoms with Crippen molar-refractivity contribution in [2.45, 2.75) is 37.1 Å². The van der Waals surface area contributed by atoms with E-state index in [4.69, 9.17) is 0 Å². The first-order valence-corrected chi connectivity index (χ1v) is 13.2. The third-order valence-corrected chi connectivity index (χ3v) is 9.01. The Morgan fingerprint density at radius 1 is 1.00 bits per heavy atom. The molecule has 0 amide bonds. The molecule has 2 aromatic carbocycles. The van der Waals surface area contributed by atoms with Crippen LogP contribution in [0.4, 0.5) is 23.4 Å². The topological polar surface area (TPSA) is 53.5 Å². The Balaban J connectivity index is 1.30. The molecule has 3 aromatic rings. The van der Waals surface area contributed by atoms with Gasteiger partial charge in [0.05, 0.1) is 6.04 Å². The summed E-state index contributed by atoms with van der Waals surface area (Å²) in [6.45, 7) is 3.21. The van der Waals surface area contributed by atoms with Crippen molar-refractivity contribution in [3.8, 4) is 0 Å². The molecule has 0 radical (unpaired) electrons. The fraction of sp³-hybridized carbons (Fsp3) is 0.346. The highest BCUT2D eigenvalue weighted by atomic mass is 32.2. The molecule has 0 bridgehead atoms. The third-order valence-electron chi connectivity index (χ3n) is 6.97. The van der Waals surface area contributed by atoms with Crippen LogP contribution in [0.5, 0.6) is 0 Å². The SMILES string of the molecule is Cc1cc(N2CC(Cc3ccc(F)c(F)c3)C2)ncc1S(=O)(=O)N1CCCC1c1cccc(F)c1F. The quantitative estimate of drug-likeness (QED) is 0.423. The molecule has 10 heteroatoms. The Morgan fingerprint density at radius 2 is 1.78 bits per heavy atom. The minimum absolute atomic E-state index is 0.0333. The van der Waals surface area contributed by atoms with Gasteiger partial charge >= 0.3 is 0 Å². The maximum atomic E-state index is 14.4. The second kappa shape index (κ2) is 9.48. The molecule has 0 saturated carbocycles. The molecule has 36 heavy (non-hydrogen) atoms. The molecule has 2 aliphatic heterocycles. The number of nitrogens with zero attached hydrogens (tertiary/aromatic N) is 3. The monoisotopic (exact) mass is 519 g/mol. The number of pyridine rings is 1. The molecule has 5 nitrogen and oxygen atoms in total. The Labute approximate surface area is 207 Å². The van der Waals surface area contributed by atoms with Crippen molar-refractivity contribution in [3.63, 3.8) is 0 Å². The lowest BCUT2D eigenvalue weighted by molar-refractivity contribution is 0.378. The summed E-state index contributed by atoms with van der Waals surface area (Å²) in [5.74, 6) is -2.89. The van der Waals surface area contributed by atoms with Crippen LogP contribution in [0.2, 0.25) is 0 Å². The van der Waals surface area contributed by atoms with Gasteiger partial charge in [-0.25, -0.2) is 31.0 Å². The van der Waals surface area contributed by atoms with Crippen LogP contribution in [0, 0.1) is 36.1 Å². The van der Waals surface area contributed by atoms with E-state index >= 15 is 0 Å². The number of sulfonamides is 1. The summed E-state index contributed by atoms with van der Waals surface area (Å²) >= 11 is 0. The van der Waals surface area contributed by atoms with Crippen LogP contribution in [0.1, 0.15) is 35.6 Å². The van der Waals surface area contributed by atoms with Gasteiger partial charge in [-0.05, 0) is 67.5 Å². The van der Waals surface area contributed by atoms with Crippen LogP contribution in [0.15, 0.2) is 53.6 Å². The molecule has 1 aromatic heterocycles. The number of aromatic nitrogens is 1. The summed E-state index contributed by atoms with van der Waals surface area (Å²) in [5, 5.41) is 0. The minimum Gasteiger partial charge on any atom is -0.356 e. The first-order chi connectivity index (χ1) is 17.1. The third kappa shape index (κ3) is 4.48. The van der Waals surface area contributed by atoms with Gasteiger partial charge in [-0.1, -0.05) is 18.2 Å². The zero-order chi connectivity index (χ0) is 25.6. The lowest BCUT2D eigenvalue weighted by Gasteiger charge is -2.40. The van der Waals surface area contributed by atoms with Crippen molar-refractivity contribution in [3.05, 3.63) is 88.6 Å². The number of hydrogen-bond donors (Lipinski definition) is 0. The van der Waals surface area contributed by atoms with Gasteiger partial charge in [0.2, 0.25) is 10.0 Å². The number of hydrogen-bond acceptors (Lipinski definition) is 4. The predicted octanol–water partition coefficient (Wildman–Crippen LogP) is 5.15. The lowest BCUT2D eigenvalue weighted by atomic mass is 9.92. The van der Waals surface area contributed by atoms with Crippen LogP contribution >= 0.6 is 0 Å². The van der Waals surface area contributed by atoms with Gasteiger partial charge in [0.25, 0.3) is 0 Å². The highest BCUT2D eigenvalue weighted by molar-refractivity contribution is 7.89. The fourth-order valence-corrected chi connectivity index (χ4v) is 6.93. The zero-order valence-electron chi connectivity index (χ0n) is 19.6. The summed E-state index contributed by atoms with van der Waals surface area (Å²) in [6, 6.07) is 8.64. The molecule has 2 saturated heterocycles. The van der Waals surface area contributed by atoms with Gasteiger partial charge in [0.15, 0.2) is 23.3 Å². The molecule has 0 N–H and O–H groups in total. The first kappa shape index (κ1) is 24.7. The van der Waals surface area contributed by atoms with Crippen molar-refractivity contribution in [1.29, 1.82) is 0 Å². The Morgan fingerprint density at radius 3 is 2.50 bits per heavy atom. The van der Waals surface area contributed by atoms with E-state index < -0.39 is 39.3 Å². The lowest BCUT2D eigenvalue weighted by Crippen LogP contribution is -2.48. The molecule has 1 unspecified atom stereocenters. The molecule has 0 spiro atoms. The minimum atomic E-state index is -3.99. The van der Waals surface area contributed by atoms with Crippen LogP contribution in [-0.2, 0) is 16.4 Å². The molecule has 190 valence electrons. The van der Waals surface area contributed by atoms with Gasteiger partial charge in [-0.2, -0.15) is 4.31 Å². The van der Waals surface area contributed by atoms with E-state index in [2.05, 4.69) is 4.98 Å². The number of aryl methyl sites for hydroxylation is 1. The fourth-order valence-electron chi connectivity index (χ4n) is 5.10. The van der Waals surface area contributed by atoms with Crippen molar-refractivity contribution in [2.24, 2.45) is 5.92 Å². The number of benzene rings is 2. The Bertz CT molecular complexity index is 1410. The van der Waals surface area contributed by atoms with E-state index in [9.17, 15) is 26.0 Å². The summed E-state index contributed by atoms with van der Waals surface area (Å²) in [5.41, 5.74) is 1.26. The largest absolute Gasteiger partial charge is 0.356 e. The number of anilines is 1. The Hall–Kier alpha value is -2.98. The van der Waals surface area contributed by atoms with Gasteiger partial charge in [-0.3, -0.25) is 0 Å². The van der Waals surface area contributed by atoms with Crippen molar-refractivity contribution >= 4 is 15.8 Å². The van der Waals surface area contributed by atoms with Gasteiger partial charge in [0.1, 0.15) is 10.7 Å². The van der Waals surface area contributed by atoms with Crippen molar-refractivity contribution < 1.29 is 26.0 Å². The van der Waals surface area contributed by atoms with Crippen LogP contribution in [0.3, 0.4) is 0 Å². The average molecular weight is 520 g/mol. The molecule has 2 fully saturated rings. The molecule has 5 rings (SSSR count). The molecule has 2 aliphatic rings. The zero-order valence-corrected chi connectivity index (χ0v) is 20.4. The normalized spacial score (nSPS) is 19.0. The van der Waals surface area contributed by atoms with Gasteiger partial charge in [-0.15, -0.1) is 0 Å². The van der Waals surface area contributed by atoms with Crippen LogP contribution in [-0.4, -0.2) is 37.3 Å². The highest BCUT2D eigenvalue weighted by Crippen LogP contribution is 2.39. The van der Waals surface area contributed by atoms with E-state index in [1.165, 1.54) is 28.7 Å². The van der Waals surface area contributed by atoms with E-state index in [1.807, 2.05) is 4.90 Å². The van der Waals surface area contributed by atoms with E-state index in [0.717, 1.165) is 17.7 Å². The van der Waals surface area contributed by atoms with Crippen LogP contribution < -0.4 is 4.90 Å². The second-order valence-electron chi connectivity index (χ2n) is 9.45. The Kier molecular flexibility index (Phi) is 6.50. The number of halogens is 4. The molecule has 0 aliphatic carbocycles. The molecule has 3 heterocycles. The maximum Gasteiger partial charge on any atom is 0.245 e. The van der Waals surface area contributed by atoms with E-state index in [1.54, 1.807) is 19.1 Å². The standard InChI is InChI=1S/C26H25F4N3O2S/c1-16-10-25(32-14-18(15-32)11-17-7-8-20(27)22(29)12-17)31-13-24(16)36(34,35)33-9-3-6-23(33)19-4-2-5-21(28)26(19)30/h2,4-5,7-8,10,12-13,18,23H,3,6,9,11,14-15H2,1H3. The summed E-state index contributed by atoms with van der Waals surface area (Å²) in [7, 11) is -3.99. The predicted molar refractivity (Wildman–Crippen MR) is 127 cm³/mol. The smallest absolute Gasteiger partial charge is 0.245 e. The molecule has 1 atom stereocenters. The first-order valence-electron chi connectivity index (χ1n) is 11.8. The van der Waals surface area contributed by atoms with Crippen molar-refractivity contribution in [2.75, 3.05) is 24.5 Å². The second-order valence-corrected chi connectivity index (χ2v) is 11.3. The van der Waals surface area contributed by atoms with Crippen molar-refractivity contribution in [1.82, 2.24) is 9.29 Å². The van der Waals surface area contributed by atoms with Crippen LogP contribution in [0.25, 0.3) is 0 Å². The summed E-state index contributed by atoms with van der Waals surface area (Å²) in [4.78, 5) is 6.40. The summed E-state index contributed by atoms with van der Waals surface area (Å²) in [6.07, 6.45) is 2.86.